The van der Waals surface area contributed by atoms with Gasteiger partial charge in [0.15, 0.2) is 11.6 Å². The number of ether oxygens (including phenoxy) is 1. The number of hydrogen-bond donors (Lipinski definition) is 0. The minimum atomic E-state index is -1.25. The van der Waals surface area contributed by atoms with Crippen molar-refractivity contribution < 1.29 is 23.1 Å². The van der Waals surface area contributed by atoms with Gasteiger partial charge in [-0.2, -0.15) is 0 Å². The van der Waals surface area contributed by atoms with Crippen molar-refractivity contribution in [2.75, 3.05) is 6.61 Å². The normalized spacial score (nSPS) is 10.0. The number of ketones is 1. The molecule has 0 fully saturated rings. The zero-order valence-corrected chi connectivity index (χ0v) is 8.98. The second-order valence-corrected chi connectivity index (χ2v) is 3.20. The van der Waals surface area contributed by atoms with Crippen molar-refractivity contribution in [3.05, 3.63) is 34.4 Å². The van der Waals surface area contributed by atoms with E-state index in [9.17, 15) is 18.4 Å². The summed E-state index contributed by atoms with van der Waals surface area (Å²) >= 11 is 5.51. The Balaban J connectivity index is 3.09. The molecule has 0 bridgehead atoms. The standard InChI is InChI=1S/C10H7ClF2O3/c1-2-16-10(15)9(14)5-3-7(12)8(13)4-6(5)11/h3-4H,2H2,1H3. The van der Waals surface area contributed by atoms with Gasteiger partial charge in [-0.1, -0.05) is 11.6 Å². The van der Waals surface area contributed by atoms with Crippen molar-refractivity contribution in [3.63, 3.8) is 0 Å². The molecule has 0 aliphatic rings. The van der Waals surface area contributed by atoms with Crippen LogP contribution in [-0.4, -0.2) is 18.4 Å². The lowest BCUT2D eigenvalue weighted by atomic mass is 10.1. The van der Waals surface area contributed by atoms with Gasteiger partial charge < -0.3 is 4.74 Å². The molecule has 0 atom stereocenters. The van der Waals surface area contributed by atoms with Crippen LogP contribution in [0.3, 0.4) is 0 Å². The van der Waals surface area contributed by atoms with Crippen LogP contribution in [0.15, 0.2) is 12.1 Å². The molecule has 0 aliphatic carbocycles. The average Bonchev–Trinajstić information content (AvgIpc) is 2.23. The van der Waals surface area contributed by atoms with E-state index in [1.165, 1.54) is 6.92 Å². The fourth-order valence-corrected chi connectivity index (χ4v) is 1.24. The van der Waals surface area contributed by atoms with Gasteiger partial charge in [-0.05, 0) is 19.1 Å². The maximum atomic E-state index is 12.8. The molecule has 0 heterocycles. The van der Waals surface area contributed by atoms with Crippen LogP contribution < -0.4 is 0 Å². The van der Waals surface area contributed by atoms with Gasteiger partial charge in [0, 0.05) is 0 Å². The van der Waals surface area contributed by atoms with Crippen molar-refractivity contribution in [2.45, 2.75) is 6.92 Å². The van der Waals surface area contributed by atoms with Crippen LogP contribution in [0.1, 0.15) is 17.3 Å². The zero-order chi connectivity index (χ0) is 12.3. The summed E-state index contributed by atoms with van der Waals surface area (Å²) in [4.78, 5) is 22.4. The van der Waals surface area contributed by atoms with Gasteiger partial charge in [-0.15, -0.1) is 0 Å². The molecule has 0 amide bonds. The first kappa shape index (κ1) is 12.6. The summed E-state index contributed by atoms with van der Waals surface area (Å²) in [5.41, 5.74) is -0.418. The molecule has 0 aromatic heterocycles. The molecule has 0 spiro atoms. The third-order valence-corrected chi connectivity index (χ3v) is 2.03. The van der Waals surface area contributed by atoms with E-state index < -0.39 is 29.0 Å². The largest absolute Gasteiger partial charge is 0.460 e. The summed E-state index contributed by atoms with van der Waals surface area (Å²) in [5.74, 6) is -4.70. The van der Waals surface area contributed by atoms with Crippen molar-refractivity contribution in [3.8, 4) is 0 Å². The summed E-state index contributed by atoms with van der Waals surface area (Å²) in [5, 5.41) is -0.336. The molecule has 0 unspecified atom stereocenters. The van der Waals surface area contributed by atoms with Gasteiger partial charge in [-0.25, -0.2) is 13.6 Å². The second kappa shape index (κ2) is 5.03. The average molecular weight is 249 g/mol. The Morgan fingerprint density at radius 1 is 1.31 bits per heavy atom. The van der Waals surface area contributed by atoms with Gasteiger partial charge in [0.05, 0.1) is 17.2 Å². The van der Waals surface area contributed by atoms with Crippen LogP contribution in [0.4, 0.5) is 8.78 Å². The van der Waals surface area contributed by atoms with Crippen LogP contribution in [-0.2, 0) is 9.53 Å². The van der Waals surface area contributed by atoms with Crippen molar-refractivity contribution in [1.29, 1.82) is 0 Å². The highest BCUT2D eigenvalue weighted by atomic mass is 35.5. The summed E-state index contributed by atoms with van der Waals surface area (Å²) in [6.45, 7) is 1.52. The van der Waals surface area contributed by atoms with Crippen LogP contribution in [0, 0.1) is 11.6 Å². The summed E-state index contributed by atoms with van der Waals surface area (Å²) < 4.78 is 29.9. The molecule has 86 valence electrons. The number of benzene rings is 1. The third-order valence-electron chi connectivity index (χ3n) is 1.72. The van der Waals surface area contributed by atoms with E-state index in [-0.39, 0.29) is 11.6 Å². The second-order valence-electron chi connectivity index (χ2n) is 2.80. The molecule has 1 aromatic carbocycles. The number of carbonyl (C=O) groups is 2. The highest BCUT2D eigenvalue weighted by molar-refractivity contribution is 6.45. The lowest BCUT2D eigenvalue weighted by Crippen LogP contribution is -2.18. The van der Waals surface area contributed by atoms with E-state index >= 15 is 0 Å². The maximum Gasteiger partial charge on any atom is 0.379 e. The van der Waals surface area contributed by atoms with Crippen molar-refractivity contribution >= 4 is 23.4 Å². The monoisotopic (exact) mass is 248 g/mol. The van der Waals surface area contributed by atoms with E-state index in [2.05, 4.69) is 4.74 Å². The molecular weight excluding hydrogens is 242 g/mol. The van der Waals surface area contributed by atoms with Gasteiger partial charge in [0.2, 0.25) is 0 Å². The minimum absolute atomic E-state index is 0.00582. The van der Waals surface area contributed by atoms with Crippen LogP contribution in [0.2, 0.25) is 5.02 Å². The number of Topliss-reactive ketones (excluding diaryl/α,β-unsaturated/α-hetero) is 1. The van der Waals surface area contributed by atoms with E-state index in [1.54, 1.807) is 0 Å². The molecule has 0 radical (unpaired) electrons. The van der Waals surface area contributed by atoms with E-state index in [0.717, 1.165) is 0 Å². The Morgan fingerprint density at radius 2 is 1.88 bits per heavy atom. The fraction of sp³-hybridized carbons (Fsp3) is 0.200. The predicted molar refractivity (Wildman–Crippen MR) is 52.3 cm³/mol. The number of rotatable bonds is 3. The molecule has 1 rings (SSSR count). The van der Waals surface area contributed by atoms with Gasteiger partial charge in [0.25, 0.3) is 5.78 Å². The first-order chi connectivity index (χ1) is 7.47. The molecule has 0 saturated carbocycles. The number of carbonyl (C=O) groups excluding carboxylic acids is 2. The van der Waals surface area contributed by atoms with Gasteiger partial charge >= 0.3 is 5.97 Å². The fourth-order valence-electron chi connectivity index (χ4n) is 1.00. The van der Waals surface area contributed by atoms with E-state index in [4.69, 9.17) is 11.6 Å². The van der Waals surface area contributed by atoms with Crippen LogP contribution in [0.25, 0.3) is 0 Å². The van der Waals surface area contributed by atoms with Crippen LogP contribution in [0.5, 0.6) is 0 Å². The predicted octanol–water partition coefficient (Wildman–Crippen LogP) is 2.36. The Morgan fingerprint density at radius 3 is 2.44 bits per heavy atom. The number of esters is 1. The van der Waals surface area contributed by atoms with Crippen molar-refractivity contribution in [2.24, 2.45) is 0 Å². The highest BCUT2D eigenvalue weighted by Crippen LogP contribution is 2.20. The highest BCUT2D eigenvalue weighted by Gasteiger charge is 2.22. The number of hydrogen-bond acceptors (Lipinski definition) is 3. The molecule has 0 N–H and O–H groups in total. The Bertz CT molecular complexity index is 446. The molecule has 16 heavy (non-hydrogen) atoms. The lowest BCUT2D eigenvalue weighted by Gasteiger charge is -2.03. The Labute approximate surface area is 95.0 Å². The zero-order valence-electron chi connectivity index (χ0n) is 8.22. The first-order valence-corrected chi connectivity index (χ1v) is 4.71. The Kier molecular flexibility index (Phi) is 3.95. The van der Waals surface area contributed by atoms with Crippen LogP contribution >= 0.6 is 11.6 Å². The lowest BCUT2D eigenvalue weighted by molar-refractivity contribution is -0.137. The van der Waals surface area contributed by atoms with E-state index in [0.29, 0.717) is 12.1 Å². The topological polar surface area (TPSA) is 43.4 Å². The molecule has 0 aliphatic heterocycles. The maximum absolute atomic E-state index is 12.8. The molecule has 3 nitrogen and oxygen atoms in total. The SMILES string of the molecule is CCOC(=O)C(=O)c1cc(F)c(F)cc1Cl. The smallest absolute Gasteiger partial charge is 0.379 e. The summed E-state index contributed by atoms with van der Waals surface area (Å²) in [6, 6.07) is 1.19. The minimum Gasteiger partial charge on any atom is -0.460 e. The third kappa shape index (κ3) is 2.55. The van der Waals surface area contributed by atoms with Gasteiger partial charge in [0.1, 0.15) is 0 Å². The van der Waals surface area contributed by atoms with Crippen molar-refractivity contribution in [1.82, 2.24) is 0 Å². The first-order valence-electron chi connectivity index (χ1n) is 4.33. The van der Waals surface area contributed by atoms with Gasteiger partial charge in [-0.3, -0.25) is 4.79 Å². The van der Waals surface area contributed by atoms with E-state index in [1.807, 2.05) is 0 Å². The molecular formula is C10H7ClF2O3. The number of halogens is 3. The quantitative estimate of drug-likeness (QED) is 0.357. The molecule has 1 aromatic rings. The Hall–Kier alpha value is -1.49. The summed E-state index contributed by atoms with van der Waals surface area (Å²) in [7, 11) is 0. The molecule has 0 saturated heterocycles. The molecule has 6 heteroatoms. The summed E-state index contributed by atoms with van der Waals surface area (Å²) in [6.07, 6.45) is 0.